The van der Waals surface area contributed by atoms with Crippen molar-refractivity contribution >= 4 is 15.8 Å². The lowest BCUT2D eigenvalue weighted by Crippen LogP contribution is -3.00. The number of halogens is 1. The van der Waals surface area contributed by atoms with Crippen LogP contribution in [0, 0.1) is 0 Å². The number of nitrogens with zero attached hydrogens (tertiary/aromatic N) is 1. The normalized spacial score (nSPS) is 31.8. The van der Waals surface area contributed by atoms with Crippen LogP contribution in [0.2, 0.25) is 0 Å². The van der Waals surface area contributed by atoms with Gasteiger partial charge in [0.15, 0.2) is 9.84 Å². The molecule has 1 heterocycles. The fourth-order valence-electron chi connectivity index (χ4n) is 3.61. The minimum atomic E-state index is -3.54. The van der Waals surface area contributed by atoms with Crippen molar-refractivity contribution in [1.82, 2.24) is 0 Å². The summed E-state index contributed by atoms with van der Waals surface area (Å²) in [5.74, 6) is -0.637. The third kappa shape index (κ3) is 2.31. The van der Waals surface area contributed by atoms with Crippen LogP contribution >= 0.6 is 0 Å². The molecule has 2 atom stereocenters. The largest absolute Gasteiger partial charge is 1.00 e. The van der Waals surface area contributed by atoms with Gasteiger partial charge in [-0.2, -0.15) is 0 Å². The molecule has 0 bridgehead atoms. The predicted molar refractivity (Wildman–Crippen MR) is 69.9 cm³/mol. The van der Waals surface area contributed by atoms with Crippen molar-refractivity contribution in [2.24, 2.45) is 0 Å². The van der Waals surface area contributed by atoms with Gasteiger partial charge >= 0.3 is 5.97 Å². The van der Waals surface area contributed by atoms with Crippen LogP contribution in [-0.2, 0) is 19.4 Å². The molecular weight excluding hydrogens is 381 g/mol. The molecule has 7 heteroatoms. The van der Waals surface area contributed by atoms with Crippen molar-refractivity contribution in [3.8, 4) is 0 Å². The first-order valence-electron chi connectivity index (χ1n) is 6.07. The summed E-state index contributed by atoms with van der Waals surface area (Å²) in [6.07, 6.45) is 0. The molecule has 0 radical (unpaired) electrons. The summed E-state index contributed by atoms with van der Waals surface area (Å²) < 4.78 is 27.9. The van der Waals surface area contributed by atoms with Crippen LogP contribution in [0.4, 0.5) is 0 Å². The van der Waals surface area contributed by atoms with Crippen LogP contribution in [-0.4, -0.2) is 62.2 Å². The highest BCUT2D eigenvalue weighted by Crippen LogP contribution is 2.52. The number of hydrogen-bond acceptors (Lipinski definition) is 4. The molecule has 114 valence electrons. The summed E-state index contributed by atoms with van der Waals surface area (Å²) in [5, 5.41) is 0. The molecule has 0 saturated carbocycles. The fourth-order valence-corrected chi connectivity index (χ4v) is 6.55. The van der Waals surface area contributed by atoms with Gasteiger partial charge in [-0.15, -0.1) is 0 Å². The average molecular weight is 405 g/mol. The maximum atomic E-state index is 12.5. The van der Waals surface area contributed by atoms with E-state index >= 15 is 0 Å². The Morgan fingerprint density at radius 2 is 1.63 bits per heavy atom. The first-order chi connectivity index (χ1) is 7.85. The van der Waals surface area contributed by atoms with E-state index in [1.54, 1.807) is 20.8 Å². The number of carbonyl (C=O) groups excluding carboxylic acids is 1. The lowest BCUT2D eigenvalue weighted by atomic mass is 9.85. The van der Waals surface area contributed by atoms with E-state index in [9.17, 15) is 13.2 Å². The zero-order chi connectivity index (χ0) is 14.6. The molecule has 2 unspecified atom stereocenters. The second kappa shape index (κ2) is 5.14. The van der Waals surface area contributed by atoms with Gasteiger partial charge in [-0.25, -0.2) is 8.42 Å². The maximum absolute atomic E-state index is 12.5. The molecular formula is C12H24INO4S. The third-order valence-corrected chi connectivity index (χ3v) is 7.00. The van der Waals surface area contributed by atoms with E-state index < -0.39 is 25.3 Å². The topological polar surface area (TPSA) is 60.4 Å². The molecule has 0 N–H and O–H groups in total. The first kappa shape index (κ1) is 19.1. The number of ether oxygens (including phenoxy) is 1. The summed E-state index contributed by atoms with van der Waals surface area (Å²) in [5.41, 5.74) is 0. The highest BCUT2D eigenvalue weighted by Gasteiger charge is 2.79. The maximum Gasteiger partial charge on any atom is 0.333 e. The van der Waals surface area contributed by atoms with Gasteiger partial charge in [-0.05, 0) is 27.7 Å². The molecule has 0 aromatic rings. The monoisotopic (exact) mass is 405 g/mol. The van der Waals surface area contributed by atoms with E-state index in [0.717, 1.165) is 0 Å². The van der Waals surface area contributed by atoms with E-state index in [4.69, 9.17) is 4.74 Å². The van der Waals surface area contributed by atoms with Crippen molar-refractivity contribution < 1.29 is 46.4 Å². The van der Waals surface area contributed by atoms with Crippen LogP contribution < -0.4 is 24.0 Å². The molecule has 1 saturated heterocycles. The number of hydrogen-bond donors (Lipinski definition) is 0. The van der Waals surface area contributed by atoms with E-state index in [0.29, 0.717) is 4.48 Å². The van der Waals surface area contributed by atoms with E-state index in [1.807, 2.05) is 21.1 Å². The average Bonchev–Trinajstić information content (AvgIpc) is 2.14. The van der Waals surface area contributed by atoms with Crippen molar-refractivity contribution in [2.45, 2.75) is 43.2 Å². The summed E-state index contributed by atoms with van der Waals surface area (Å²) in [6.45, 7) is 6.71. The molecule has 0 aromatic carbocycles. The predicted octanol–water partition coefficient (Wildman–Crippen LogP) is -2.41. The van der Waals surface area contributed by atoms with Crippen LogP contribution in [0.5, 0.6) is 0 Å². The first-order valence-corrected chi connectivity index (χ1v) is 7.56. The highest BCUT2D eigenvalue weighted by molar-refractivity contribution is 7.96. The molecule has 1 aliphatic rings. The SMILES string of the molecule is CCOC(=O)C1(C)C([N+](C)(C)C)C(C)(C)S1(=O)=O.[I-]. The van der Waals surface area contributed by atoms with Gasteiger partial charge in [-0.3, -0.25) is 4.79 Å². The van der Waals surface area contributed by atoms with Gasteiger partial charge in [0.25, 0.3) is 0 Å². The molecule has 0 amide bonds. The number of quaternary nitrogens is 1. The molecule has 1 aliphatic heterocycles. The number of sulfone groups is 1. The second-order valence-corrected chi connectivity index (χ2v) is 9.36. The van der Waals surface area contributed by atoms with Crippen molar-refractivity contribution in [3.63, 3.8) is 0 Å². The summed E-state index contributed by atoms with van der Waals surface area (Å²) in [7, 11) is 2.16. The molecule has 0 spiro atoms. The Morgan fingerprint density at radius 3 is 1.95 bits per heavy atom. The third-order valence-electron chi connectivity index (χ3n) is 3.89. The number of esters is 1. The van der Waals surface area contributed by atoms with Crippen molar-refractivity contribution in [1.29, 1.82) is 0 Å². The zero-order valence-electron chi connectivity index (χ0n) is 12.7. The molecule has 1 rings (SSSR count). The zero-order valence-corrected chi connectivity index (χ0v) is 15.6. The Labute approximate surface area is 133 Å². The second-order valence-electron chi connectivity index (χ2n) is 6.45. The number of carbonyl (C=O) groups is 1. The van der Waals surface area contributed by atoms with Gasteiger partial charge in [-0.1, -0.05) is 0 Å². The minimum absolute atomic E-state index is 0. The summed E-state index contributed by atoms with van der Waals surface area (Å²) >= 11 is 0. The van der Waals surface area contributed by atoms with Crippen LogP contribution in [0.25, 0.3) is 0 Å². The van der Waals surface area contributed by atoms with Gasteiger partial charge in [0.2, 0.25) is 4.75 Å². The Balaban J connectivity index is 0.00000324. The Hall–Kier alpha value is 0.110. The minimum Gasteiger partial charge on any atom is -1.00 e. The molecule has 0 aromatic heterocycles. The Bertz CT molecular complexity index is 467. The van der Waals surface area contributed by atoms with E-state index in [2.05, 4.69) is 0 Å². The molecule has 1 fully saturated rings. The Kier molecular flexibility index (Phi) is 5.17. The van der Waals surface area contributed by atoms with Crippen LogP contribution in [0.3, 0.4) is 0 Å². The van der Waals surface area contributed by atoms with E-state index in [-0.39, 0.29) is 36.6 Å². The smallest absolute Gasteiger partial charge is 0.333 e. The highest BCUT2D eigenvalue weighted by atomic mass is 127. The molecule has 19 heavy (non-hydrogen) atoms. The van der Waals surface area contributed by atoms with Crippen molar-refractivity contribution in [3.05, 3.63) is 0 Å². The fraction of sp³-hybridized carbons (Fsp3) is 0.917. The summed E-state index contributed by atoms with van der Waals surface area (Å²) in [6, 6.07) is -0.325. The van der Waals surface area contributed by atoms with Gasteiger partial charge in [0.05, 0.1) is 27.7 Å². The Morgan fingerprint density at radius 1 is 1.21 bits per heavy atom. The number of rotatable bonds is 3. The van der Waals surface area contributed by atoms with Crippen LogP contribution in [0.15, 0.2) is 0 Å². The van der Waals surface area contributed by atoms with Gasteiger partial charge in [0, 0.05) is 0 Å². The van der Waals surface area contributed by atoms with E-state index in [1.165, 1.54) is 6.92 Å². The quantitative estimate of drug-likeness (QED) is 0.298. The van der Waals surface area contributed by atoms with Gasteiger partial charge in [0.1, 0.15) is 10.8 Å². The van der Waals surface area contributed by atoms with Crippen LogP contribution in [0.1, 0.15) is 27.7 Å². The van der Waals surface area contributed by atoms with Crippen molar-refractivity contribution in [2.75, 3.05) is 27.7 Å². The molecule has 0 aliphatic carbocycles. The van der Waals surface area contributed by atoms with Gasteiger partial charge < -0.3 is 33.2 Å². The molecule has 5 nitrogen and oxygen atoms in total. The summed E-state index contributed by atoms with van der Waals surface area (Å²) in [4.78, 5) is 12.1. The lowest BCUT2D eigenvalue weighted by molar-refractivity contribution is -0.901. The lowest BCUT2D eigenvalue weighted by Gasteiger charge is -2.59. The standard InChI is InChI=1S/C12H24NO4S.HI/c1-8-17-10(14)12(4)9(13(5,6)7)11(2,3)18(12,15)16;/h9H,8H2,1-7H3;1H/q+1;/p-1.